The molecule has 5 rings (SSSR count). The number of nitrogens with zero attached hydrogens (tertiary/aromatic N) is 5. The smallest absolute Gasteiger partial charge is 0.422 e. The lowest BCUT2D eigenvalue weighted by Crippen LogP contribution is -2.34. The molecule has 0 aliphatic rings. The van der Waals surface area contributed by atoms with Crippen LogP contribution in [0.1, 0.15) is 10.4 Å². The molecule has 0 aliphatic carbocycles. The fraction of sp³-hybridized carbons (Fsp3) is 0.0909. The number of hydrogen-bond donors (Lipinski definition) is 2. The van der Waals surface area contributed by atoms with Crippen molar-refractivity contribution in [3.8, 4) is 11.3 Å². The summed E-state index contributed by atoms with van der Waals surface area (Å²) in [6, 6.07) is 12.6. The van der Waals surface area contributed by atoms with Crippen molar-refractivity contribution in [2.45, 2.75) is 0 Å². The second-order valence-corrected chi connectivity index (χ2v) is 8.08. The van der Waals surface area contributed by atoms with Crippen molar-refractivity contribution >= 4 is 64.3 Å². The maximum absolute atomic E-state index is 10.8. The first-order valence-corrected chi connectivity index (χ1v) is 10.5. The maximum atomic E-state index is 10.8. The van der Waals surface area contributed by atoms with Crippen LogP contribution in [0.2, 0.25) is 10.3 Å². The highest BCUT2D eigenvalue weighted by Gasteiger charge is 2.18. The Balaban J connectivity index is 0.000000165. The maximum Gasteiger partial charge on any atom is 0.506 e. The molecule has 0 spiro atoms. The Morgan fingerprint density at radius 1 is 0.879 bits per heavy atom. The zero-order valence-corrected chi connectivity index (χ0v) is 19.2. The SMILES string of the molecule is Cn1c(-c2cncc(C=O)c2)cc2ccc(Cl)nc21.Cn1c(B(O)O)cc2ccc(Cl)nc21. The first-order chi connectivity index (χ1) is 15.8. The Bertz CT molecular complexity index is 1480. The summed E-state index contributed by atoms with van der Waals surface area (Å²) in [6.07, 6.45) is 4.05. The monoisotopic (exact) mass is 481 g/mol. The Morgan fingerprint density at radius 3 is 2.09 bits per heavy atom. The summed E-state index contributed by atoms with van der Waals surface area (Å²) >= 11 is 11.6. The molecule has 5 aromatic heterocycles. The Hall–Kier alpha value is -3.24. The van der Waals surface area contributed by atoms with Crippen LogP contribution >= 0.6 is 23.2 Å². The van der Waals surface area contributed by atoms with Gasteiger partial charge in [-0.25, -0.2) is 9.97 Å². The second-order valence-electron chi connectivity index (χ2n) is 7.31. The fourth-order valence-electron chi connectivity index (χ4n) is 3.56. The van der Waals surface area contributed by atoms with Crippen molar-refractivity contribution in [1.82, 2.24) is 24.1 Å². The number of aromatic nitrogens is 5. The zero-order valence-electron chi connectivity index (χ0n) is 17.6. The third-order valence-electron chi connectivity index (χ3n) is 5.18. The van der Waals surface area contributed by atoms with E-state index in [1.165, 1.54) is 6.20 Å². The minimum Gasteiger partial charge on any atom is -0.422 e. The molecule has 0 aromatic carbocycles. The molecule has 0 fully saturated rings. The molecular weight excluding hydrogens is 464 g/mol. The van der Waals surface area contributed by atoms with Crippen LogP contribution in [-0.4, -0.2) is 47.5 Å². The quantitative estimate of drug-likeness (QED) is 0.233. The summed E-state index contributed by atoms with van der Waals surface area (Å²) in [5.74, 6) is 0. The Labute approximate surface area is 199 Å². The predicted octanol–water partition coefficient (Wildman–Crippen LogP) is 3.01. The largest absolute Gasteiger partial charge is 0.506 e. The summed E-state index contributed by atoms with van der Waals surface area (Å²) in [6.45, 7) is 0. The van der Waals surface area contributed by atoms with Crippen molar-refractivity contribution in [2.75, 3.05) is 0 Å². The van der Waals surface area contributed by atoms with Crippen LogP contribution in [0.25, 0.3) is 33.3 Å². The summed E-state index contributed by atoms with van der Waals surface area (Å²) in [5.41, 5.74) is 4.21. The number of fused-ring (bicyclic) bond motifs is 2. The summed E-state index contributed by atoms with van der Waals surface area (Å²) in [4.78, 5) is 23.3. The summed E-state index contributed by atoms with van der Waals surface area (Å²) in [5, 5.41) is 20.8. The lowest BCUT2D eigenvalue weighted by molar-refractivity contribution is 0.112. The number of pyridine rings is 3. The number of aldehydes is 1. The van der Waals surface area contributed by atoms with E-state index >= 15 is 0 Å². The van der Waals surface area contributed by atoms with E-state index < -0.39 is 7.12 Å². The van der Waals surface area contributed by atoms with E-state index in [0.717, 1.165) is 34.0 Å². The van der Waals surface area contributed by atoms with Gasteiger partial charge in [0.25, 0.3) is 0 Å². The van der Waals surface area contributed by atoms with Crippen molar-refractivity contribution in [1.29, 1.82) is 0 Å². The van der Waals surface area contributed by atoms with Crippen molar-refractivity contribution in [3.63, 3.8) is 0 Å². The number of carbonyl (C=O) groups is 1. The molecule has 0 unspecified atom stereocenters. The van der Waals surface area contributed by atoms with Crippen LogP contribution in [0.15, 0.2) is 54.9 Å². The summed E-state index contributed by atoms with van der Waals surface area (Å²) < 4.78 is 3.54. The van der Waals surface area contributed by atoms with E-state index in [9.17, 15) is 4.79 Å². The molecule has 0 aliphatic heterocycles. The van der Waals surface area contributed by atoms with E-state index in [2.05, 4.69) is 15.0 Å². The van der Waals surface area contributed by atoms with Gasteiger partial charge in [0, 0.05) is 54.0 Å². The third kappa shape index (κ3) is 4.62. The standard InChI is InChI=1S/C14H10ClN3O.C8H8BClN2O2/c1-18-12(11-4-9(8-19)6-16-7-11)5-10-2-3-13(15)17-14(10)18;1-12-6(9(13)14)4-5-2-3-7(10)11-8(5)12/h2-8H,1H3;2-4,13-14H,1H3. The highest BCUT2D eigenvalue weighted by molar-refractivity contribution is 6.58. The molecule has 0 saturated carbocycles. The molecule has 5 heterocycles. The predicted molar refractivity (Wildman–Crippen MR) is 130 cm³/mol. The van der Waals surface area contributed by atoms with Crippen molar-refractivity contribution in [3.05, 3.63) is 70.7 Å². The number of rotatable bonds is 3. The van der Waals surface area contributed by atoms with Gasteiger partial charge in [-0.05, 0) is 42.5 Å². The Kier molecular flexibility index (Phi) is 6.48. The van der Waals surface area contributed by atoms with Crippen molar-refractivity contribution in [2.24, 2.45) is 14.1 Å². The summed E-state index contributed by atoms with van der Waals surface area (Å²) in [7, 11) is 2.13. The van der Waals surface area contributed by atoms with Gasteiger partial charge in [0.15, 0.2) is 6.29 Å². The van der Waals surface area contributed by atoms with Gasteiger partial charge in [0.05, 0.1) is 5.69 Å². The second kappa shape index (κ2) is 9.32. The first-order valence-electron chi connectivity index (χ1n) is 9.79. The lowest BCUT2D eigenvalue weighted by atomic mass is 9.86. The van der Waals surface area contributed by atoms with Gasteiger partial charge in [-0.3, -0.25) is 9.78 Å². The topological polar surface area (TPSA) is 106 Å². The molecule has 0 amide bonds. The van der Waals surface area contributed by atoms with Gasteiger partial charge < -0.3 is 19.2 Å². The normalized spacial score (nSPS) is 10.8. The highest BCUT2D eigenvalue weighted by Crippen LogP contribution is 2.27. The first kappa shape index (κ1) is 22.9. The van der Waals surface area contributed by atoms with Crippen LogP contribution in [0.4, 0.5) is 0 Å². The molecule has 0 atom stereocenters. The fourth-order valence-corrected chi connectivity index (χ4v) is 3.84. The van der Waals surface area contributed by atoms with Crippen LogP contribution in [0.3, 0.4) is 0 Å². The van der Waals surface area contributed by atoms with Crippen LogP contribution in [0.5, 0.6) is 0 Å². The zero-order chi connectivity index (χ0) is 23.7. The molecule has 8 nitrogen and oxygen atoms in total. The van der Waals surface area contributed by atoms with Crippen LogP contribution in [0, 0.1) is 0 Å². The molecule has 5 aromatic rings. The minimum absolute atomic E-state index is 0.387. The number of halogens is 2. The molecule has 166 valence electrons. The molecule has 0 bridgehead atoms. The van der Waals surface area contributed by atoms with Gasteiger partial charge >= 0.3 is 7.12 Å². The highest BCUT2D eigenvalue weighted by atomic mass is 35.5. The van der Waals surface area contributed by atoms with Gasteiger partial charge in [-0.15, -0.1) is 0 Å². The van der Waals surface area contributed by atoms with E-state index in [4.69, 9.17) is 33.2 Å². The average Bonchev–Trinajstić information content (AvgIpc) is 3.31. The molecule has 33 heavy (non-hydrogen) atoms. The molecular formula is C22H18BCl2N5O3. The van der Waals surface area contributed by atoms with Crippen molar-refractivity contribution < 1.29 is 14.8 Å². The van der Waals surface area contributed by atoms with Crippen LogP contribution in [-0.2, 0) is 14.1 Å². The molecule has 0 saturated heterocycles. The van der Waals surface area contributed by atoms with Gasteiger partial charge in [0.1, 0.15) is 21.6 Å². The van der Waals surface area contributed by atoms with E-state index in [1.54, 1.807) is 48.1 Å². The number of carbonyl (C=O) groups excluding carboxylic acids is 1. The number of hydrogen-bond acceptors (Lipinski definition) is 6. The minimum atomic E-state index is -1.49. The van der Waals surface area contributed by atoms with Gasteiger partial charge in [-0.2, -0.15) is 0 Å². The molecule has 0 radical (unpaired) electrons. The third-order valence-corrected chi connectivity index (χ3v) is 5.60. The molecule has 2 N–H and O–H groups in total. The lowest BCUT2D eigenvalue weighted by Gasteiger charge is -2.04. The van der Waals surface area contributed by atoms with E-state index in [-0.39, 0.29) is 0 Å². The van der Waals surface area contributed by atoms with E-state index in [0.29, 0.717) is 27.1 Å². The molecule has 11 heteroatoms. The Morgan fingerprint density at radius 2 is 1.48 bits per heavy atom. The van der Waals surface area contributed by atoms with Crippen LogP contribution < -0.4 is 5.59 Å². The van der Waals surface area contributed by atoms with E-state index in [1.807, 2.05) is 23.7 Å². The van der Waals surface area contributed by atoms with Gasteiger partial charge in [-0.1, -0.05) is 23.2 Å². The number of aryl methyl sites for hydroxylation is 2. The average molecular weight is 482 g/mol. The van der Waals surface area contributed by atoms with Gasteiger partial charge in [0.2, 0.25) is 0 Å².